The van der Waals surface area contributed by atoms with Gasteiger partial charge in [0.2, 0.25) is 17.7 Å². The first kappa shape index (κ1) is 59.2. The molecule has 0 aromatic carbocycles. The van der Waals surface area contributed by atoms with Crippen LogP contribution in [0.25, 0.3) is 0 Å². The maximum absolute atomic E-state index is 12.3. The van der Waals surface area contributed by atoms with Crippen molar-refractivity contribution >= 4 is 35.3 Å². The Hall–Kier alpha value is -3.77. The number of rotatable bonds is 47. The number of H-pyrrole nitrogens is 1. The van der Waals surface area contributed by atoms with Crippen molar-refractivity contribution in [2.24, 2.45) is 11.7 Å². The molecule has 1 heterocycles. The van der Waals surface area contributed by atoms with Crippen LogP contribution in [0, 0.1) is 5.92 Å². The number of carbonyl (C=O) groups excluding carboxylic acids is 5. The molecule has 0 fully saturated rings. The summed E-state index contributed by atoms with van der Waals surface area (Å²) in [5, 5.41) is 17.6. The topological polar surface area (TPSA) is 250 Å². The molecule has 3 atom stereocenters. The van der Waals surface area contributed by atoms with Crippen molar-refractivity contribution in [1.82, 2.24) is 25.9 Å². The number of aliphatic carboxylic acids is 1. The summed E-state index contributed by atoms with van der Waals surface area (Å²) in [5.74, 6) is -1.56. The predicted molar refractivity (Wildman–Crippen MR) is 250 cm³/mol. The first-order valence-corrected chi connectivity index (χ1v) is 24.7. The molecule has 0 aliphatic heterocycles. The number of unbranched alkanes of at least 4 members (excludes halogenated alkanes) is 13. The van der Waals surface area contributed by atoms with E-state index >= 15 is 0 Å². The molecule has 0 radical (unpaired) electrons. The van der Waals surface area contributed by atoms with E-state index in [-0.39, 0.29) is 94.8 Å². The van der Waals surface area contributed by atoms with Gasteiger partial charge in [-0.05, 0) is 38.0 Å². The first-order chi connectivity index (χ1) is 31.5. The van der Waals surface area contributed by atoms with Crippen molar-refractivity contribution in [2.75, 3.05) is 65.9 Å². The van der Waals surface area contributed by atoms with E-state index in [1.54, 1.807) is 12.5 Å². The molecule has 0 saturated carbocycles. The molecule has 0 aliphatic rings. The van der Waals surface area contributed by atoms with Gasteiger partial charge in [0.1, 0.15) is 30.8 Å². The number of carboxylic acids is 1. The van der Waals surface area contributed by atoms with E-state index in [0.717, 1.165) is 50.6 Å². The summed E-state index contributed by atoms with van der Waals surface area (Å²) in [6, 6.07) is -1.60. The van der Waals surface area contributed by atoms with E-state index in [9.17, 15) is 33.9 Å². The number of nitrogens with one attached hydrogen (secondary N) is 4. The average Bonchev–Trinajstić information content (AvgIpc) is 3.80. The van der Waals surface area contributed by atoms with E-state index in [2.05, 4.69) is 39.8 Å². The number of carbonyl (C=O) groups is 6. The zero-order valence-corrected chi connectivity index (χ0v) is 40.0. The van der Waals surface area contributed by atoms with Gasteiger partial charge in [0.15, 0.2) is 0 Å². The predicted octanol–water partition coefficient (Wildman–Crippen LogP) is 5.91. The Labute approximate surface area is 388 Å². The van der Waals surface area contributed by atoms with Crippen LogP contribution in [-0.4, -0.2) is 128 Å². The van der Waals surface area contributed by atoms with Crippen LogP contribution in [0.4, 0.5) is 0 Å². The van der Waals surface area contributed by atoms with Crippen LogP contribution in [0.3, 0.4) is 0 Å². The quantitative estimate of drug-likeness (QED) is 0.0417. The zero-order chi connectivity index (χ0) is 47.6. The van der Waals surface area contributed by atoms with Gasteiger partial charge in [-0.1, -0.05) is 104 Å². The van der Waals surface area contributed by atoms with Gasteiger partial charge in [-0.3, -0.25) is 24.0 Å². The lowest BCUT2D eigenvalue weighted by atomic mass is 9.95. The normalized spacial score (nSPS) is 12.7. The largest absolute Gasteiger partial charge is 0.480 e. The van der Waals surface area contributed by atoms with E-state index in [4.69, 9.17) is 24.7 Å². The van der Waals surface area contributed by atoms with Crippen molar-refractivity contribution in [3.8, 4) is 0 Å². The fraction of sp³-hybridized carbons (Fsp3) is 0.812. The number of imidazole rings is 1. The highest BCUT2D eigenvalue weighted by Gasteiger charge is 2.21. The summed E-state index contributed by atoms with van der Waals surface area (Å²) in [5.41, 5.74) is 6.88. The van der Waals surface area contributed by atoms with Crippen LogP contribution in [0.15, 0.2) is 12.5 Å². The van der Waals surface area contributed by atoms with E-state index in [1.165, 1.54) is 64.2 Å². The van der Waals surface area contributed by atoms with Crippen molar-refractivity contribution in [2.45, 2.75) is 180 Å². The molecule has 0 unspecified atom stereocenters. The van der Waals surface area contributed by atoms with Gasteiger partial charge >= 0.3 is 5.97 Å². The molecule has 65 heavy (non-hydrogen) atoms. The number of aromatic amines is 1. The highest BCUT2D eigenvalue weighted by molar-refractivity contribution is 5.85. The number of aromatic nitrogens is 2. The van der Waals surface area contributed by atoms with Gasteiger partial charge in [-0.2, -0.15) is 0 Å². The Morgan fingerprint density at radius 3 is 1.82 bits per heavy atom. The molecule has 1 aromatic rings. The minimum absolute atomic E-state index is 0.0537. The standard InChI is InChI=1S/C48H86N6O11/c1-3-4-5-6-7-8-9-10-11-12-13-14-15-21-45(57)54-43(48(60)61)24-23-41(55)20-18-28-62-30-32-64-37-47(59)52-27-29-63-31-33-65-36-46(58)51-26-17-16-19-39(2)22-25-44(56)42(49)34-40-35-50-38-53-40/h35,38-39,42-43H,3-34,36-37,49H2,1-2H3,(H,50,53)(H,51,58)(H,52,59)(H,54,57)(H,60,61)/t39-,42+,43+/m1/s1. The Bertz CT molecular complexity index is 1380. The summed E-state index contributed by atoms with van der Waals surface area (Å²) in [7, 11) is 0. The number of nitrogens with zero attached hydrogens (tertiary/aromatic N) is 1. The number of carboxylic acid groups (broad SMARTS) is 1. The van der Waals surface area contributed by atoms with Crippen molar-refractivity contribution in [3.63, 3.8) is 0 Å². The highest BCUT2D eigenvalue weighted by Crippen LogP contribution is 2.16. The Balaban J connectivity index is 1.90. The second-order valence-corrected chi connectivity index (χ2v) is 17.2. The maximum Gasteiger partial charge on any atom is 0.326 e. The smallest absolute Gasteiger partial charge is 0.326 e. The third kappa shape index (κ3) is 37.1. The minimum atomic E-state index is -1.14. The molecule has 0 saturated heterocycles. The Morgan fingerprint density at radius 2 is 1.22 bits per heavy atom. The van der Waals surface area contributed by atoms with E-state index in [0.29, 0.717) is 51.3 Å². The number of Topliss-reactive ketones (excluding diaryl/α,β-unsaturated/α-hetero) is 2. The SMILES string of the molecule is CCCCCCCCCCCCCCCC(=O)N[C@@H](CCC(=O)CCCOCCOCC(=O)NCCOCCOCC(=O)NCCCC[C@@H](C)CCC(=O)[C@@H](N)Cc1cnc[nH]1)C(=O)O. The molecular weight excluding hydrogens is 837 g/mol. The number of ether oxygens (including phenoxy) is 4. The summed E-state index contributed by atoms with van der Waals surface area (Å²) in [6.45, 7) is 6.58. The molecule has 7 N–H and O–H groups in total. The third-order valence-corrected chi connectivity index (χ3v) is 11.1. The molecular formula is C48H86N6O11. The average molecular weight is 923 g/mol. The van der Waals surface area contributed by atoms with E-state index < -0.39 is 18.1 Å². The molecule has 17 heteroatoms. The molecule has 3 amide bonds. The number of hydrogen-bond acceptors (Lipinski definition) is 12. The Kier molecular flexibility index (Phi) is 38.0. The van der Waals surface area contributed by atoms with Gasteiger partial charge in [0, 0.05) is 63.7 Å². The van der Waals surface area contributed by atoms with E-state index in [1.807, 2.05) is 0 Å². The summed E-state index contributed by atoms with van der Waals surface area (Å²) in [4.78, 5) is 79.6. The molecule has 17 nitrogen and oxygen atoms in total. The summed E-state index contributed by atoms with van der Waals surface area (Å²) < 4.78 is 21.6. The second-order valence-electron chi connectivity index (χ2n) is 17.2. The Morgan fingerprint density at radius 1 is 0.631 bits per heavy atom. The summed E-state index contributed by atoms with van der Waals surface area (Å²) >= 11 is 0. The van der Waals surface area contributed by atoms with Gasteiger partial charge in [-0.25, -0.2) is 9.78 Å². The van der Waals surface area contributed by atoms with Gasteiger partial charge in [0.05, 0.1) is 45.4 Å². The molecule has 1 rings (SSSR count). The van der Waals surface area contributed by atoms with Crippen LogP contribution in [0.1, 0.15) is 167 Å². The number of ketones is 2. The lowest BCUT2D eigenvalue weighted by Crippen LogP contribution is -2.41. The van der Waals surface area contributed by atoms with Crippen LogP contribution in [0.5, 0.6) is 0 Å². The second kappa shape index (κ2) is 41.6. The highest BCUT2D eigenvalue weighted by atomic mass is 16.5. The first-order valence-electron chi connectivity index (χ1n) is 24.7. The third-order valence-electron chi connectivity index (χ3n) is 11.1. The molecule has 374 valence electrons. The number of hydrogen-bond donors (Lipinski definition) is 6. The van der Waals surface area contributed by atoms with Gasteiger partial charge in [0.25, 0.3) is 0 Å². The number of nitrogens with two attached hydrogens (primary N) is 1. The van der Waals surface area contributed by atoms with Crippen molar-refractivity contribution in [3.05, 3.63) is 18.2 Å². The van der Waals surface area contributed by atoms with Gasteiger partial charge < -0.3 is 50.7 Å². The molecule has 0 aliphatic carbocycles. The molecule has 0 spiro atoms. The minimum Gasteiger partial charge on any atom is -0.480 e. The monoisotopic (exact) mass is 923 g/mol. The lowest BCUT2D eigenvalue weighted by Gasteiger charge is -2.14. The lowest BCUT2D eigenvalue weighted by molar-refractivity contribution is -0.142. The van der Waals surface area contributed by atoms with Crippen LogP contribution in [0.2, 0.25) is 0 Å². The molecule has 0 bridgehead atoms. The van der Waals surface area contributed by atoms with Gasteiger partial charge in [-0.15, -0.1) is 0 Å². The maximum atomic E-state index is 12.3. The van der Waals surface area contributed by atoms with Crippen LogP contribution < -0.4 is 21.7 Å². The fourth-order valence-electron chi connectivity index (χ4n) is 7.07. The van der Waals surface area contributed by atoms with Crippen molar-refractivity contribution in [1.29, 1.82) is 0 Å². The van der Waals surface area contributed by atoms with Crippen molar-refractivity contribution < 1.29 is 52.8 Å². The molecule has 1 aromatic heterocycles. The zero-order valence-electron chi connectivity index (χ0n) is 40.0. The number of amides is 3. The van der Waals surface area contributed by atoms with Crippen LogP contribution in [-0.2, 0) is 54.1 Å². The summed E-state index contributed by atoms with van der Waals surface area (Å²) in [6.07, 6.45) is 24.6. The fourth-order valence-corrected chi connectivity index (χ4v) is 7.07. The van der Waals surface area contributed by atoms with Crippen LogP contribution >= 0.6 is 0 Å².